The molecule has 0 aromatic heterocycles. The fourth-order valence-electron chi connectivity index (χ4n) is 2.00. The summed E-state index contributed by atoms with van der Waals surface area (Å²) in [5.74, 6) is -0.446. The van der Waals surface area contributed by atoms with Crippen LogP contribution in [0.15, 0.2) is 0 Å². The molecule has 6 nitrogen and oxygen atoms in total. The quantitative estimate of drug-likeness (QED) is 0.585. The van der Waals surface area contributed by atoms with Gasteiger partial charge in [-0.15, -0.1) is 0 Å². The summed E-state index contributed by atoms with van der Waals surface area (Å²) in [5.41, 5.74) is -1.39. The molecule has 0 aromatic carbocycles. The predicted molar refractivity (Wildman–Crippen MR) is 70.0 cm³/mol. The van der Waals surface area contributed by atoms with E-state index in [0.29, 0.717) is 6.42 Å². The Morgan fingerprint density at radius 2 is 1.95 bits per heavy atom. The summed E-state index contributed by atoms with van der Waals surface area (Å²) in [7, 11) is 1.35. The summed E-state index contributed by atoms with van der Waals surface area (Å²) < 4.78 is 10.1. The Labute approximate surface area is 113 Å². The number of carbonyl (C=O) groups is 2. The van der Waals surface area contributed by atoms with E-state index in [0.717, 1.165) is 4.90 Å². The van der Waals surface area contributed by atoms with Crippen LogP contribution in [0.1, 0.15) is 41.0 Å². The maximum absolute atomic E-state index is 12.3. The third-order valence-corrected chi connectivity index (χ3v) is 2.93. The van der Waals surface area contributed by atoms with Gasteiger partial charge < -0.3 is 9.47 Å². The molecule has 1 fully saturated rings. The summed E-state index contributed by atoms with van der Waals surface area (Å²) in [4.78, 5) is 25.4. The molecule has 6 heteroatoms. The number of amides is 2. The van der Waals surface area contributed by atoms with Crippen LogP contribution in [0.4, 0.5) is 4.79 Å². The first kappa shape index (κ1) is 15.5. The molecule has 1 heterocycles. The van der Waals surface area contributed by atoms with Crippen LogP contribution in [0.5, 0.6) is 0 Å². The monoisotopic (exact) mass is 270 g/mol. The van der Waals surface area contributed by atoms with Crippen molar-refractivity contribution >= 4 is 17.9 Å². The third-order valence-electron chi connectivity index (χ3n) is 2.93. The van der Waals surface area contributed by atoms with E-state index >= 15 is 0 Å². The fourth-order valence-corrected chi connectivity index (χ4v) is 2.00. The van der Waals surface area contributed by atoms with Crippen LogP contribution in [-0.4, -0.2) is 41.6 Å². The Bertz CT molecular complexity index is 409. The number of hydrogen-bond acceptors (Lipinski definition) is 5. The second-order valence-electron chi connectivity index (χ2n) is 6.33. The van der Waals surface area contributed by atoms with Crippen LogP contribution in [0.25, 0.3) is 0 Å². The minimum absolute atomic E-state index is 0.107. The molecule has 0 spiro atoms. The lowest BCUT2D eigenvalue weighted by Crippen LogP contribution is -2.46. The van der Waals surface area contributed by atoms with Gasteiger partial charge in [0.05, 0.1) is 7.11 Å². The van der Waals surface area contributed by atoms with Crippen molar-refractivity contribution in [2.45, 2.75) is 52.7 Å². The number of hydrogen-bond donors (Lipinski definition) is 1. The van der Waals surface area contributed by atoms with Crippen molar-refractivity contribution < 1.29 is 19.1 Å². The molecule has 0 bridgehead atoms. The molecule has 0 aromatic rings. The lowest BCUT2D eigenvalue weighted by molar-refractivity contribution is -0.134. The molecular formula is C13H22N2O4. The van der Waals surface area contributed by atoms with Crippen LogP contribution >= 0.6 is 0 Å². The number of nitrogens with zero attached hydrogens (tertiary/aromatic N) is 1. The lowest BCUT2D eigenvalue weighted by atomic mass is 9.90. The molecule has 0 aliphatic carbocycles. The van der Waals surface area contributed by atoms with Gasteiger partial charge in [0.1, 0.15) is 11.6 Å². The number of nitrogens with one attached hydrogen (secondary N) is 1. The van der Waals surface area contributed by atoms with Crippen LogP contribution < -0.4 is 0 Å². The van der Waals surface area contributed by atoms with E-state index in [1.165, 1.54) is 7.11 Å². The van der Waals surface area contributed by atoms with Gasteiger partial charge in [-0.3, -0.25) is 10.2 Å². The van der Waals surface area contributed by atoms with Crippen molar-refractivity contribution in [3.05, 3.63) is 0 Å². The van der Waals surface area contributed by atoms with E-state index in [9.17, 15) is 9.59 Å². The van der Waals surface area contributed by atoms with E-state index in [2.05, 4.69) is 0 Å². The first-order chi connectivity index (χ1) is 8.49. The summed E-state index contributed by atoms with van der Waals surface area (Å²) in [5, 5.41) is 7.73. The average molecular weight is 270 g/mol. The zero-order valence-corrected chi connectivity index (χ0v) is 12.4. The number of imide groups is 1. The van der Waals surface area contributed by atoms with Crippen LogP contribution in [0.3, 0.4) is 0 Å². The molecule has 0 saturated carbocycles. The van der Waals surface area contributed by atoms with Crippen molar-refractivity contribution in [1.82, 2.24) is 4.90 Å². The Kier molecular flexibility index (Phi) is 3.93. The van der Waals surface area contributed by atoms with Gasteiger partial charge in [0, 0.05) is 5.41 Å². The molecule has 0 radical (unpaired) electrons. The number of carbonyl (C=O) groups excluding carboxylic acids is 2. The largest absolute Gasteiger partial charge is 0.483 e. The van der Waals surface area contributed by atoms with Gasteiger partial charge in [-0.25, -0.2) is 9.69 Å². The molecule has 1 aliphatic rings. The summed E-state index contributed by atoms with van der Waals surface area (Å²) in [6.45, 7) is 8.68. The van der Waals surface area contributed by atoms with Gasteiger partial charge in [-0.1, -0.05) is 13.8 Å². The Morgan fingerprint density at radius 1 is 1.42 bits per heavy atom. The smallest absolute Gasteiger partial charge is 0.417 e. The maximum Gasteiger partial charge on any atom is 0.417 e. The van der Waals surface area contributed by atoms with E-state index in [1.807, 2.05) is 0 Å². The van der Waals surface area contributed by atoms with Gasteiger partial charge in [-0.05, 0) is 27.2 Å². The van der Waals surface area contributed by atoms with Gasteiger partial charge in [0.15, 0.2) is 0 Å². The number of ether oxygens (including phenoxy) is 2. The van der Waals surface area contributed by atoms with Crippen molar-refractivity contribution in [2.24, 2.45) is 5.41 Å². The highest BCUT2D eigenvalue weighted by molar-refractivity contribution is 6.02. The van der Waals surface area contributed by atoms with Gasteiger partial charge in [0.2, 0.25) is 11.8 Å². The van der Waals surface area contributed by atoms with Crippen molar-refractivity contribution in [1.29, 1.82) is 5.41 Å². The highest BCUT2D eigenvalue weighted by atomic mass is 16.6. The van der Waals surface area contributed by atoms with Gasteiger partial charge >= 0.3 is 6.09 Å². The molecule has 108 valence electrons. The highest BCUT2D eigenvalue weighted by Crippen LogP contribution is 2.36. The Morgan fingerprint density at radius 3 is 2.37 bits per heavy atom. The zero-order valence-electron chi connectivity index (χ0n) is 12.4. The first-order valence-electron chi connectivity index (χ1n) is 6.18. The van der Waals surface area contributed by atoms with E-state index in [4.69, 9.17) is 14.9 Å². The molecule has 1 atom stereocenters. The van der Waals surface area contributed by atoms with E-state index < -0.39 is 23.2 Å². The van der Waals surface area contributed by atoms with E-state index in [-0.39, 0.29) is 11.8 Å². The van der Waals surface area contributed by atoms with Crippen LogP contribution in [0.2, 0.25) is 0 Å². The SMILES string of the molecule is COC(=N)C1CC(C)(C)C(=O)N1C(=O)OC(C)(C)C. The zero-order chi connectivity index (χ0) is 15.0. The highest BCUT2D eigenvalue weighted by Gasteiger charge is 2.51. The molecule has 1 N–H and O–H groups in total. The van der Waals surface area contributed by atoms with Gasteiger partial charge in [0.25, 0.3) is 0 Å². The number of likely N-dealkylation sites (tertiary alicyclic amines) is 1. The second kappa shape index (κ2) is 4.83. The number of rotatable bonds is 1. The Balaban J connectivity index is 3.03. The fraction of sp³-hybridized carbons (Fsp3) is 0.769. The minimum Gasteiger partial charge on any atom is -0.483 e. The average Bonchev–Trinajstić information content (AvgIpc) is 2.47. The standard InChI is InChI=1S/C13H22N2O4/c1-12(2,3)19-11(17)15-8(9(14)18-6)7-13(4,5)10(15)16/h8,14H,7H2,1-6H3. The topological polar surface area (TPSA) is 79.7 Å². The Hall–Kier alpha value is -1.59. The summed E-state index contributed by atoms with van der Waals surface area (Å²) in [6.07, 6.45) is -0.368. The van der Waals surface area contributed by atoms with Crippen molar-refractivity contribution in [3.63, 3.8) is 0 Å². The van der Waals surface area contributed by atoms with Crippen LogP contribution in [0, 0.1) is 10.8 Å². The maximum atomic E-state index is 12.3. The van der Waals surface area contributed by atoms with Crippen molar-refractivity contribution in [3.8, 4) is 0 Å². The molecule has 2 amide bonds. The summed E-state index contributed by atoms with van der Waals surface area (Å²) >= 11 is 0. The molecule has 1 rings (SSSR count). The normalized spacial score (nSPS) is 22.3. The molecule has 1 saturated heterocycles. The molecule has 1 unspecified atom stereocenters. The van der Waals surface area contributed by atoms with Crippen LogP contribution in [-0.2, 0) is 14.3 Å². The molecular weight excluding hydrogens is 248 g/mol. The second-order valence-corrected chi connectivity index (χ2v) is 6.33. The lowest BCUT2D eigenvalue weighted by Gasteiger charge is -2.27. The third kappa shape index (κ3) is 3.24. The van der Waals surface area contributed by atoms with E-state index in [1.54, 1.807) is 34.6 Å². The molecule has 1 aliphatic heterocycles. The number of methoxy groups -OCH3 is 1. The van der Waals surface area contributed by atoms with Crippen molar-refractivity contribution in [2.75, 3.05) is 7.11 Å². The molecule has 19 heavy (non-hydrogen) atoms. The minimum atomic E-state index is -0.727. The predicted octanol–water partition coefficient (Wildman–Crippen LogP) is 2.17. The first-order valence-corrected chi connectivity index (χ1v) is 6.18. The summed E-state index contributed by atoms with van der Waals surface area (Å²) in [6, 6.07) is -0.692. The van der Waals surface area contributed by atoms with Gasteiger partial charge in [-0.2, -0.15) is 0 Å².